The van der Waals surface area contributed by atoms with Crippen molar-refractivity contribution in [1.29, 1.82) is 0 Å². The maximum Gasteiger partial charge on any atom is 0.407 e. The summed E-state index contributed by atoms with van der Waals surface area (Å²) >= 11 is 0. The lowest BCUT2D eigenvalue weighted by molar-refractivity contribution is 0.0527. The highest BCUT2D eigenvalue weighted by Crippen LogP contribution is 2.30. The summed E-state index contributed by atoms with van der Waals surface area (Å²) in [6, 6.07) is 10.00. The molecule has 0 aliphatic rings. The lowest BCUT2D eigenvalue weighted by Crippen LogP contribution is -2.33. The molecule has 1 amide bonds. The number of aryl methyl sites for hydroxylation is 1. The number of amides is 1. The van der Waals surface area contributed by atoms with Crippen LogP contribution in [0, 0.1) is 0 Å². The third kappa shape index (κ3) is 7.95. The zero-order valence-electron chi connectivity index (χ0n) is 25.0. The van der Waals surface area contributed by atoms with Gasteiger partial charge in [0.25, 0.3) is 0 Å². The van der Waals surface area contributed by atoms with E-state index in [0.717, 1.165) is 39.8 Å². The molecular formula is C29H41N5O5SSi. The number of alkyl carbamates (subject to hydrolysis) is 1. The third-order valence-electron chi connectivity index (χ3n) is 6.49. The molecule has 0 aliphatic heterocycles. The number of aromatic nitrogens is 4. The first-order valence-electron chi connectivity index (χ1n) is 13.8. The van der Waals surface area contributed by atoms with Crippen LogP contribution in [0.1, 0.15) is 33.0 Å². The molecule has 0 atom stereocenters. The first kappa shape index (κ1) is 30.7. The van der Waals surface area contributed by atoms with Gasteiger partial charge in [-0.2, -0.15) is 0 Å². The smallest absolute Gasteiger partial charge is 0.407 e. The molecule has 0 bridgehead atoms. The average molecular weight is 600 g/mol. The molecule has 0 fully saturated rings. The molecule has 3 aromatic heterocycles. The summed E-state index contributed by atoms with van der Waals surface area (Å²) in [5.74, 6) is 0.839. The second-order valence-corrected chi connectivity index (χ2v) is 20.2. The molecule has 4 rings (SSSR count). The van der Waals surface area contributed by atoms with Crippen LogP contribution >= 0.6 is 0 Å². The van der Waals surface area contributed by atoms with Gasteiger partial charge in [-0.05, 0) is 57.0 Å². The number of hydrogen-bond acceptors (Lipinski definition) is 7. The molecule has 0 spiro atoms. The van der Waals surface area contributed by atoms with E-state index in [2.05, 4.69) is 34.3 Å². The van der Waals surface area contributed by atoms with E-state index >= 15 is 0 Å². The highest BCUT2D eigenvalue weighted by Gasteiger charge is 2.20. The number of nitrogens with zero attached hydrogens (tertiary/aromatic N) is 4. The van der Waals surface area contributed by atoms with Gasteiger partial charge >= 0.3 is 6.09 Å². The molecule has 0 saturated carbocycles. The van der Waals surface area contributed by atoms with E-state index < -0.39 is 29.6 Å². The standard InChI is InChI=1S/C29H41N5O5SSi/c1-29(2,3)39-28(35)30-13-9-12-26-31-18-22-19-32-27-25(34(22)26)17-24(33(27)20-38-14-15-41(5,6)7)21-10-8-11-23(16-21)40(4,36)37/h8,10-11,16-19H,9,12-15,20H2,1-7H3,(H,30,35). The Morgan fingerprint density at radius 1 is 1.10 bits per heavy atom. The lowest BCUT2D eigenvalue weighted by Gasteiger charge is -2.19. The Balaban J connectivity index is 1.68. The van der Waals surface area contributed by atoms with Gasteiger partial charge in [0.05, 0.1) is 34.0 Å². The SMILES string of the molecule is CC(C)(C)OC(=O)NCCCc1ncc2cnc3c(cc(-c4cccc(S(C)(=O)=O)c4)n3COCC[Si](C)(C)C)n12. The van der Waals surface area contributed by atoms with E-state index in [1.165, 1.54) is 6.26 Å². The molecule has 12 heteroatoms. The lowest BCUT2D eigenvalue weighted by atomic mass is 10.1. The van der Waals surface area contributed by atoms with Crippen molar-refractivity contribution in [2.45, 2.75) is 76.5 Å². The Kier molecular flexibility index (Phi) is 8.95. The summed E-state index contributed by atoms with van der Waals surface area (Å²) in [6.07, 6.45) is 5.64. The minimum absolute atomic E-state index is 0.255. The number of fused-ring (bicyclic) bond motifs is 3. The second-order valence-electron chi connectivity index (χ2n) is 12.5. The fourth-order valence-electron chi connectivity index (χ4n) is 4.44. The van der Waals surface area contributed by atoms with Gasteiger partial charge in [-0.1, -0.05) is 31.8 Å². The number of carbonyl (C=O) groups is 1. The van der Waals surface area contributed by atoms with Gasteiger partial charge in [-0.3, -0.25) is 4.40 Å². The van der Waals surface area contributed by atoms with E-state index in [9.17, 15) is 13.2 Å². The number of ether oxygens (including phenoxy) is 2. The number of nitrogens with one attached hydrogen (secondary N) is 1. The van der Waals surface area contributed by atoms with Crippen molar-refractivity contribution in [1.82, 2.24) is 24.3 Å². The predicted molar refractivity (Wildman–Crippen MR) is 164 cm³/mol. The van der Waals surface area contributed by atoms with Gasteiger partial charge in [-0.15, -0.1) is 0 Å². The van der Waals surface area contributed by atoms with Gasteiger partial charge in [0.15, 0.2) is 15.5 Å². The highest BCUT2D eigenvalue weighted by molar-refractivity contribution is 7.90. The molecule has 0 aliphatic carbocycles. The third-order valence-corrected chi connectivity index (χ3v) is 9.31. The van der Waals surface area contributed by atoms with Crippen LogP contribution in [-0.2, 0) is 32.5 Å². The number of benzene rings is 1. The first-order chi connectivity index (χ1) is 19.1. The van der Waals surface area contributed by atoms with Crippen LogP contribution in [0.25, 0.3) is 27.9 Å². The van der Waals surface area contributed by atoms with Gasteiger partial charge in [0.1, 0.15) is 18.2 Å². The molecule has 1 aromatic carbocycles. The van der Waals surface area contributed by atoms with Crippen molar-refractivity contribution in [3.63, 3.8) is 0 Å². The van der Waals surface area contributed by atoms with E-state index in [0.29, 0.717) is 26.0 Å². The number of sulfone groups is 1. The Morgan fingerprint density at radius 3 is 2.51 bits per heavy atom. The van der Waals surface area contributed by atoms with Crippen molar-refractivity contribution >= 4 is 40.7 Å². The van der Waals surface area contributed by atoms with Gasteiger partial charge in [0, 0.05) is 33.9 Å². The van der Waals surface area contributed by atoms with E-state index in [1.807, 2.05) is 37.5 Å². The molecule has 222 valence electrons. The molecule has 0 unspecified atom stereocenters. The van der Waals surface area contributed by atoms with E-state index in [-0.39, 0.29) is 11.6 Å². The number of hydrogen-bond donors (Lipinski definition) is 1. The summed E-state index contributed by atoms with van der Waals surface area (Å²) in [7, 11) is -4.65. The fraction of sp³-hybridized carbons (Fsp3) is 0.483. The van der Waals surface area contributed by atoms with Gasteiger partial charge < -0.3 is 19.4 Å². The molecule has 0 saturated heterocycles. The van der Waals surface area contributed by atoms with Crippen LogP contribution in [-0.4, -0.2) is 66.5 Å². The molecule has 10 nitrogen and oxygen atoms in total. The zero-order valence-corrected chi connectivity index (χ0v) is 26.8. The summed E-state index contributed by atoms with van der Waals surface area (Å²) in [5, 5.41) is 2.80. The topological polar surface area (TPSA) is 117 Å². The molecule has 1 N–H and O–H groups in total. The van der Waals surface area contributed by atoms with Crippen molar-refractivity contribution in [2.24, 2.45) is 0 Å². The Labute approximate surface area is 243 Å². The largest absolute Gasteiger partial charge is 0.444 e. The van der Waals surface area contributed by atoms with Crippen LogP contribution in [0.4, 0.5) is 4.79 Å². The van der Waals surface area contributed by atoms with E-state index in [1.54, 1.807) is 30.6 Å². The quantitative estimate of drug-likeness (QED) is 0.178. The monoisotopic (exact) mass is 599 g/mol. The van der Waals surface area contributed by atoms with Crippen LogP contribution < -0.4 is 5.32 Å². The summed E-state index contributed by atoms with van der Waals surface area (Å²) < 4.78 is 40.2. The van der Waals surface area contributed by atoms with Crippen LogP contribution in [0.2, 0.25) is 25.7 Å². The van der Waals surface area contributed by atoms with Crippen LogP contribution in [0.15, 0.2) is 47.6 Å². The van der Waals surface area contributed by atoms with Crippen molar-refractivity contribution in [2.75, 3.05) is 19.4 Å². The summed E-state index contributed by atoms with van der Waals surface area (Å²) in [4.78, 5) is 21.7. The minimum atomic E-state index is -3.38. The highest BCUT2D eigenvalue weighted by atomic mass is 32.2. The number of imidazole rings is 1. The maximum absolute atomic E-state index is 12.3. The normalized spacial score (nSPS) is 12.8. The molecule has 4 aromatic rings. The number of carbonyl (C=O) groups excluding carboxylic acids is 1. The fourth-order valence-corrected chi connectivity index (χ4v) is 5.87. The van der Waals surface area contributed by atoms with Crippen LogP contribution in [0.5, 0.6) is 0 Å². The Bertz CT molecular complexity index is 1650. The van der Waals surface area contributed by atoms with E-state index in [4.69, 9.17) is 14.5 Å². The number of rotatable bonds is 11. The summed E-state index contributed by atoms with van der Waals surface area (Å²) in [5.41, 5.74) is 3.44. The maximum atomic E-state index is 12.3. The van der Waals surface area contributed by atoms with Crippen LogP contribution in [0.3, 0.4) is 0 Å². The predicted octanol–water partition coefficient (Wildman–Crippen LogP) is 5.52. The molecule has 3 heterocycles. The second kappa shape index (κ2) is 11.9. The van der Waals surface area contributed by atoms with Crippen molar-refractivity contribution in [3.8, 4) is 11.3 Å². The van der Waals surface area contributed by atoms with Gasteiger partial charge in [0.2, 0.25) is 0 Å². The zero-order chi connectivity index (χ0) is 30.0. The Hall–Kier alpha value is -3.22. The van der Waals surface area contributed by atoms with Crippen molar-refractivity contribution < 1.29 is 22.7 Å². The summed E-state index contributed by atoms with van der Waals surface area (Å²) in [6.45, 7) is 13.8. The minimum Gasteiger partial charge on any atom is -0.444 e. The molecular weight excluding hydrogens is 559 g/mol. The molecule has 0 radical (unpaired) electrons. The van der Waals surface area contributed by atoms with Gasteiger partial charge in [-0.25, -0.2) is 23.2 Å². The average Bonchev–Trinajstić information content (AvgIpc) is 3.43. The first-order valence-corrected chi connectivity index (χ1v) is 19.4. The molecule has 41 heavy (non-hydrogen) atoms. The Morgan fingerprint density at radius 2 is 1.83 bits per heavy atom. The van der Waals surface area contributed by atoms with Crippen molar-refractivity contribution in [3.05, 3.63) is 48.5 Å².